The molecule has 2 aromatic heterocycles. The Labute approximate surface area is 103 Å². The van der Waals surface area contributed by atoms with Crippen LogP contribution in [0.1, 0.15) is 5.76 Å². The van der Waals surface area contributed by atoms with Gasteiger partial charge in [0.1, 0.15) is 17.1 Å². The van der Waals surface area contributed by atoms with E-state index >= 15 is 0 Å². The van der Waals surface area contributed by atoms with Crippen LogP contribution in [0.15, 0.2) is 34.2 Å². The number of nitrogens with one attached hydrogen (secondary N) is 1. The first-order chi connectivity index (χ1) is 8.35. The van der Waals surface area contributed by atoms with Crippen LogP contribution in [0.4, 0.5) is 5.82 Å². The summed E-state index contributed by atoms with van der Waals surface area (Å²) in [4.78, 5) is 8.11. The van der Waals surface area contributed by atoms with Crippen molar-refractivity contribution >= 4 is 17.6 Å². The lowest BCUT2D eigenvalue weighted by Crippen LogP contribution is -2.10. The van der Waals surface area contributed by atoms with Gasteiger partial charge in [-0.05, 0) is 12.1 Å². The summed E-state index contributed by atoms with van der Waals surface area (Å²) < 4.78 is 10.5. The Morgan fingerprint density at radius 3 is 3.06 bits per heavy atom. The average Bonchev–Trinajstić information content (AvgIpc) is 2.88. The molecule has 0 amide bonds. The zero-order valence-corrected chi connectivity index (χ0v) is 10.0. The third kappa shape index (κ3) is 2.69. The number of rotatable bonds is 5. The topological polar surface area (TPSA) is 86.2 Å². The molecular weight excluding hydrogens is 240 g/mol. The van der Waals surface area contributed by atoms with Crippen LogP contribution in [0.25, 0.3) is 0 Å². The van der Waals surface area contributed by atoms with Gasteiger partial charge >= 0.3 is 0 Å². The van der Waals surface area contributed by atoms with Crippen LogP contribution in [0.2, 0.25) is 0 Å². The van der Waals surface area contributed by atoms with E-state index in [0.717, 1.165) is 5.76 Å². The Balaban J connectivity index is 2.14. The Kier molecular flexibility index (Phi) is 3.84. The Hall–Kier alpha value is -1.73. The number of methoxy groups -OCH3 is 1. The molecule has 0 atom stereocenters. The van der Waals surface area contributed by atoms with E-state index in [4.69, 9.17) is 15.0 Å². The SMILES string of the molecule is COc1c(NN)ncnc1SCc1ccco1. The Morgan fingerprint density at radius 2 is 2.41 bits per heavy atom. The van der Waals surface area contributed by atoms with Crippen molar-refractivity contribution in [2.45, 2.75) is 10.8 Å². The Bertz CT molecular complexity index is 475. The van der Waals surface area contributed by atoms with Crippen LogP contribution in [0.5, 0.6) is 5.75 Å². The lowest BCUT2D eigenvalue weighted by Gasteiger charge is -2.09. The highest BCUT2D eigenvalue weighted by molar-refractivity contribution is 7.98. The zero-order valence-electron chi connectivity index (χ0n) is 9.21. The van der Waals surface area contributed by atoms with Crippen LogP contribution in [0, 0.1) is 0 Å². The first-order valence-corrected chi connectivity index (χ1v) is 5.84. The fraction of sp³-hybridized carbons (Fsp3) is 0.200. The highest BCUT2D eigenvalue weighted by Crippen LogP contribution is 2.33. The largest absolute Gasteiger partial charge is 0.490 e. The standard InChI is InChI=1S/C10H12N4O2S/c1-15-8-9(14-11)12-6-13-10(8)17-5-7-3-2-4-16-7/h2-4,6H,5,11H2,1H3,(H,12,13,14). The van der Waals surface area contributed by atoms with Gasteiger partial charge in [-0.15, -0.1) is 0 Å². The molecule has 6 nitrogen and oxygen atoms in total. The van der Waals surface area contributed by atoms with E-state index in [1.54, 1.807) is 13.4 Å². The van der Waals surface area contributed by atoms with Gasteiger partial charge in [0.2, 0.25) is 0 Å². The van der Waals surface area contributed by atoms with E-state index in [1.165, 1.54) is 18.1 Å². The van der Waals surface area contributed by atoms with Crippen molar-refractivity contribution in [3.63, 3.8) is 0 Å². The first kappa shape index (κ1) is 11.7. The Morgan fingerprint density at radius 1 is 1.53 bits per heavy atom. The van der Waals surface area contributed by atoms with E-state index in [0.29, 0.717) is 22.3 Å². The number of aromatic nitrogens is 2. The number of hydrazine groups is 1. The van der Waals surface area contributed by atoms with Gasteiger partial charge in [-0.25, -0.2) is 15.8 Å². The number of hydrogen-bond donors (Lipinski definition) is 2. The van der Waals surface area contributed by atoms with Gasteiger partial charge in [-0.1, -0.05) is 11.8 Å². The summed E-state index contributed by atoms with van der Waals surface area (Å²) in [7, 11) is 1.55. The molecule has 0 fully saturated rings. The second-order valence-corrected chi connectivity index (χ2v) is 4.04. The predicted octanol–water partition coefficient (Wildman–Crippen LogP) is 1.66. The van der Waals surface area contributed by atoms with Crippen LogP contribution >= 0.6 is 11.8 Å². The molecule has 0 unspecified atom stereocenters. The van der Waals surface area contributed by atoms with Crippen LogP contribution in [0.3, 0.4) is 0 Å². The summed E-state index contributed by atoms with van der Waals surface area (Å²) >= 11 is 1.49. The lowest BCUT2D eigenvalue weighted by molar-refractivity contribution is 0.400. The quantitative estimate of drug-likeness (QED) is 0.362. The number of nitrogen functional groups attached to an aromatic ring is 1. The molecule has 0 aliphatic rings. The molecule has 2 rings (SSSR count). The maximum absolute atomic E-state index is 5.34. The molecule has 0 aliphatic carbocycles. The number of nitrogens with two attached hydrogens (primary N) is 1. The molecule has 0 radical (unpaired) electrons. The van der Waals surface area contributed by atoms with Gasteiger partial charge in [-0.2, -0.15) is 0 Å². The maximum Gasteiger partial charge on any atom is 0.195 e. The lowest BCUT2D eigenvalue weighted by atomic mass is 10.5. The van der Waals surface area contributed by atoms with Gasteiger partial charge < -0.3 is 14.6 Å². The van der Waals surface area contributed by atoms with E-state index in [9.17, 15) is 0 Å². The fourth-order valence-electron chi connectivity index (χ4n) is 1.28. The molecule has 90 valence electrons. The second-order valence-electron chi connectivity index (χ2n) is 3.07. The van der Waals surface area contributed by atoms with Gasteiger partial charge in [0.25, 0.3) is 0 Å². The average molecular weight is 252 g/mol. The number of hydrogen-bond acceptors (Lipinski definition) is 7. The molecule has 2 heterocycles. The predicted molar refractivity (Wildman–Crippen MR) is 64.7 cm³/mol. The molecule has 0 aromatic carbocycles. The molecule has 0 bridgehead atoms. The molecule has 17 heavy (non-hydrogen) atoms. The van der Waals surface area contributed by atoms with Gasteiger partial charge in [0.05, 0.1) is 19.1 Å². The molecule has 0 spiro atoms. The monoisotopic (exact) mass is 252 g/mol. The number of thioether (sulfide) groups is 1. The van der Waals surface area contributed by atoms with Gasteiger partial charge in [0, 0.05) is 0 Å². The summed E-state index contributed by atoms with van der Waals surface area (Å²) in [6, 6.07) is 3.75. The third-order valence-corrected chi connectivity index (χ3v) is 3.04. The molecule has 0 saturated heterocycles. The van der Waals surface area contributed by atoms with Crippen molar-refractivity contribution in [2.75, 3.05) is 12.5 Å². The number of anilines is 1. The summed E-state index contributed by atoms with van der Waals surface area (Å²) in [6.07, 6.45) is 3.07. The molecule has 0 aliphatic heterocycles. The minimum absolute atomic E-state index is 0.462. The molecule has 3 N–H and O–H groups in total. The summed E-state index contributed by atoms with van der Waals surface area (Å²) in [6.45, 7) is 0. The fourth-order valence-corrected chi connectivity index (χ4v) is 2.16. The number of ether oxygens (including phenoxy) is 1. The van der Waals surface area contributed by atoms with Crippen molar-refractivity contribution in [1.29, 1.82) is 0 Å². The highest BCUT2D eigenvalue weighted by Gasteiger charge is 2.12. The van der Waals surface area contributed by atoms with E-state index in [1.807, 2.05) is 12.1 Å². The molecule has 2 aromatic rings. The highest BCUT2D eigenvalue weighted by atomic mass is 32.2. The van der Waals surface area contributed by atoms with E-state index in [2.05, 4.69) is 15.4 Å². The second kappa shape index (κ2) is 5.55. The minimum atomic E-state index is 0.462. The molecule has 0 saturated carbocycles. The number of nitrogens with zero attached hydrogens (tertiary/aromatic N) is 2. The van der Waals surface area contributed by atoms with Crippen molar-refractivity contribution < 1.29 is 9.15 Å². The van der Waals surface area contributed by atoms with E-state index < -0.39 is 0 Å². The van der Waals surface area contributed by atoms with Crippen molar-refractivity contribution in [2.24, 2.45) is 5.84 Å². The molecule has 7 heteroatoms. The normalized spacial score (nSPS) is 10.2. The van der Waals surface area contributed by atoms with Crippen LogP contribution < -0.4 is 16.0 Å². The number of furan rings is 1. The third-order valence-electron chi connectivity index (χ3n) is 2.04. The van der Waals surface area contributed by atoms with Crippen LogP contribution in [-0.2, 0) is 5.75 Å². The molecular formula is C10H12N4O2S. The first-order valence-electron chi connectivity index (χ1n) is 4.86. The zero-order chi connectivity index (χ0) is 12.1. The summed E-state index contributed by atoms with van der Waals surface area (Å²) in [5.41, 5.74) is 2.47. The smallest absolute Gasteiger partial charge is 0.195 e. The maximum atomic E-state index is 5.34. The van der Waals surface area contributed by atoms with Crippen molar-refractivity contribution in [1.82, 2.24) is 9.97 Å². The van der Waals surface area contributed by atoms with E-state index in [-0.39, 0.29) is 0 Å². The van der Waals surface area contributed by atoms with Crippen LogP contribution in [-0.4, -0.2) is 17.1 Å². The van der Waals surface area contributed by atoms with Gasteiger partial charge in [-0.3, -0.25) is 0 Å². The van der Waals surface area contributed by atoms with Crippen molar-refractivity contribution in [3.8, 4) is 5.75 Å². The van der Waals surface area contributed by atoms with Gasteiger partial charge in [0.15, 0.2) is 11.6 Å². The summed E-state index contributed by atoms with van der Waals surface area (Å²) in [5.74, 6) is 7.88. The van der Waals surface area contributed by atoms with Crippen molar-refractivity contribution in [3.05, 3.63) is 30.5 Å². The minimum Gasteiger partial charge on any atom is -0.490 e. The summed E-state index contributed by atoms with van der Waals surface area (Å²) in [5, 5.41) is 0.715.